The summed E-state index contributed by atoms with van der Waals surface area (Å²) in [5, 5.41) is 8.85. The number of nitrogen functional groups attached to an aromatic ring is 1. The molecule has 0 radical (unpaired) electrons. The number of anilines is 1. The maximum Gasteiger partial charge on any atom is 0.208 e. The summed E-state index contributed by atoms with van der Waals surface area (Å²) in [6.45, 7) is 0. The van der Waals surface area contributed by atoms with Crippen LogP contribution in [0.1, 0.15) is 5.56 Å². The van der Waals surface area contributed by atoms with E-state index in [0.717, 1.165) is 0 Å². The van der Waals surface area contributed by atoms with Crippen LogP contribution in [0.4, 0.5) is 5.69 Å². The Hall–Kier alpha value is -2.32. The van der Waals surface area contributed by atoms with Crippen molar-refractivity contribution in [3.8, 4) is 6.07 Å². The van der Waals surface area contributed by atoms with Gasteiger partial charge in [-0.15, -0.1) is 0 Å². The zero-order valence-corrected chi connectivity index (χ0v) is 10.2. The van der Waals surface area contributed by atoms with Crippen LogP contribution in [0, 0.1) is 11.3 Å². The zero-order valence-electron chi connectivity index (χ0n) is 9.37. The SMILES string of the molecule is N#Cc1cccc(S(=O)(=O)c2ccccc2)c1N. The highest BCUT2D eigenvalue weighted by molar-refractivity contribution is 7.91. The van der Waals surface area contributed by atoms with Crippen LogP contribution in [0.15, 0.2) is 58.3 Å². The van der Waals surface area contributed by atoms with E-state index in [1.807, 2.05) is 6.07 Å². The molecule has 0 bridgehead atoms. The molecule has 2 aromatic rings. The molecule has 0 unspecified atom stereocenters. The summed E-state index contributed by atoms with van der Waals surface area (Å²) >= 11 is 0. The third-order valence-electron chi connectivity index (χ3n) is 2.53. The van der Waals surface area contributed by atoms with Gasteiger partial charge >= 0.3 is 0 Å². The van der Waals surface area contributed by atoms with Gasteiger partial charge in [-0.25, -0.2) is 8.42 Å². The molecular formula is C13H10N2O2S. The Morgan fingerprint density at radius 2 is 1.67 bits per heavy atom. The van der Waals surface area contributed by atoms with Gasteiger partial charge in [0.25, 0.3) is 0 Å². The Bertz CT molecular complexity index is 716. The van der Waals surface area contributed by atoms with Crippen molar-refractivity contribution in [2.24, 2.45) is 0 Å². The predicted molar refractivity (Wildman–Crippen MR) is 67.5 cm³/mol. The Labute approximate surface area is 105 Å². The molecule has 0 amide bonds. The topological polar surface area (TPSA) is 84.0 Å². The van der Waals surface area contributed by atoms with Crippen molar-refractivity contribution in [3.05, 3.63) is 54.1 Å². The van der Waals surface area contributed by atoms with Gasteiger partial charge in [-0.2, -0.15) is 5.26 Å². The third kappa shape index (κ3) is 1.94. The van der Waals surface area contributed by atoms with Crippen LogP contribution >= 0.6 is 0 Å². The second-order valence-electron chi connectivity index (χ2n) is 3.65. The van der Waals surface area contributed by atoms with Crippen molar-refractivity contribution in [1.29, 1.82) is 5.26 Å². The quantitative estimate of drug-likeness (QED) is 0.835. The Morgan fingerprint density at radius 1 is 1.00 bits per heavy atom. The molecule has 0 spiro atoms. The number of nitrogens with zero attached hydrogens (tertiary/aromatic N) is 1. The molecule has 0 aliphatic rings. The highest BCUT2D eigenvalue weighted by Gasteiger charge is 2.21. The van der Waals surface area contributed by atoms with Crippen molar-refractivity contribution in [2.75, 3.05) is 5.73 Å². The van der Waals surface area contributed by atoms with Crippen LogP contribution in [0.3, 0.4) is 0 Å². The van der Waals surface area contributed by atoms with Gasteiger partial charge in [-0.1, -0.05) is 24.3 Å². The summed E-state index contributed by atoms with van der Waals surface area (Å²) in [5.74, 6) is 0. The monoisotopic (exact) mass is 258 g/mol. The smallest absolute Gasteiger partial charge is 0.208 e. The lowest BCUT2D eigenvalue weighted by Crippen LogP contribution is -2.06. The lowest BCUT2D eigenvalue weighted by Gasteiger charge is -2.08. The lowest BCUT2D eigenvalue weighted by molar-refractivity contribution is 0.596. The fraction of sp³-hybridized carbons (Fsp3) is 0. The first-order chi connectivity index (χ1) is 8.57. The number of rotatable bonds is 2. The summed E-state index contributed by atoms with van der Waals surface area (Å²) < 4.78 is 24.7. The molecule has 2 rings (SSSR count). The third-order valence-corrected chi connectivity index (χ3v) is 4.36. The first kappa shape index (κ1) is 12.1. The van der Waals surface area contributed by atoms with E-state index in [9.17, 15) is 8.42 Å². The van der Waals surface area contributed by atoms with Crippen LogP contribution < -0.4 is 5.73 Å². The first-order valence-electron chi connectivity index (χ1n) is 5.16. The number of sulfone groups is 1. The fourth-order valence-electron chi connectivity index (χ4n) is 1.60. The van der Waals surface area contributed by atoms with E-state index in [1.165, 1.54) is 30.3 Å². The van der Waals surface area contributed by atoms with Gasteiger partial charge < -0.3 is 5.73 Å². The molecule has 0 fully saturated rings. The van der Waals surface area contributed by atoms with Crippen molar-refractivity contribution < 1.29 is 8.42 Å². The zero-order chi connectivity index (χ0) is 13.2. The maximum atomic E-state index is 12.3. The molecule has 0 saturated heterocycles. The average molecular weight is 258 g/mol. The van der Waals surface area contributed by atoms with Gasteiger partial charge in [0, 0.05) is 0 Å². The van der Waals surface area contributed by atoms with Crippen molar-refractivity contribution in [1.82, 2.24) is 0 Å². The Kier molecular flexibility index (Phi) is 3.04. The summed E-state index contributed by atoms with van der Waals surface area (Å²) in [6.07, 6.45) is 0. The highest BCUT2D eigenvalue weighted by Crippen LogP contribution is 2.27. The number of nitriles is 1. The minimum atomic E-state index is -3.68. The second kappa shape index (κ2) is 4.51. The van der Waals surface area contributed by atoms with Gasteiger partial charge in [0.1, 0.15) is 6.07 Å². The van der Waals surface area contributed by atoms with Gasteiger partial charge in [0.2, 0.25) is 9.84 Å². The molecule has 0 saturated carbocycles. The van der Waals surface area contributed by atoms with E-state index in [1.54, 1.807) is 18.2 Å². The predicted octanol–water partition coefficient (Wildman–Crippen LogP) is 1.97. The van der Waals surface area contributed by atoms with Crippen LogP contribution in [-0.4, -0.2) is 8.42 Å². The normalized spacial score (nSPS) is 10.8. The van der Waals surface area contributed by atoms with Gasteiger partial charge in [-0.3, -0.25) is 0 Å². The van der Waals surface area contributed by atoms with Crippen molar-refractivity contribution >= 4 is 15.5 Å². The number of nitrogens with two attached hydrogens (primary N) is 1. The number of benzene rings is 2. The summed E-state index contributed by atoms with van der Waals surface area (Å²) in [4.78, 5) is 0.125. The summed E-state index contributed by atoms with van der Waals surface area (Å²) in [5.41, 5.74) is 5.86. The molecule has 5 heteroatoms. The molecule has 18 heavy (non-hydrogen) atoms. The number of hydrogen-bond donors (Lipinski definition) is 1. The van der Waals surface area contributed by atoms with Crippen molar-refractivity contribution in [2.45, 2.75) is 9.79 Å². The minimum Gasteiger partial charge on any atom is -0.397 e. The average Bonchev–Trinajstić information content (AvgIpc) is 2.40. The molecule has 2 aromatic carbocycles. The van der Waals surface area contributed by atoms with Crippen LogP contribution in [0.2, 0.25) is 0 Å². The molecule has 90 valence electrons. The van der Waals surface area contributed by atoms with E-state index in [-0.39, 0.29) is 21.0 Å². The molecule has 0 heterocycles. The lowest BCUT2D eigenvalue weighted by atomic mass is 10.2. The first-order valence-corrected chi connectivity index (χ1v) is 6.64. The second-order valence-corrected chi connectivity index (χ2v) is 5.56. The Morgan fingerprint density at radius 3 is 2.28 bits per heavy atom. The minimum absolute atomic E-state index is 0.0103. The van der Waals surface area contributed by atoms with Crippen molar-refractivity contribution in [3.63, 3.8) is 0 Å². The highest BCUT2D eigenvalue weighted by atomic mass is 32.2. The van der Waals surface area contributed by atoms with E-state index in [4.69, 9.17) is 11.0 Å². The molecule has 4 nitrogen and oxygen atoms in total. The molecule has 0 aromatic heterocycles. The van der Waals surface area contributed by atoms with Gasteiger partial charge in [-0.05, 0) is 24.3 Å². The summed E-state index contributed by atoms with van der Waals surface area (Å²) in [6, 6.07) is 14.3. The largest absolute Gasteiger partial charge is 0.397 e. The van der Waals surface area contributed by atoms with Crippen LogP contribution in [-0.2, 0) is 9.84 Å². The van der Waals surface area contributed by atoms with Crippen LogP contribution in [0.25, 0.3) is 0 Å². The number of hydrogen-bond acceptors (Lipinski definition) is 4. The fourth-order valence-corrected chi connectivity index (χ4v) is 3.03. The van der Waals surface area contributed by atoms with E-state index in [2.05, 4.69) is 0 Å². The van der Waals surface area contributed by atoms with E-state index >= 15 is 0 Å². The summed E-state index contributed by atoms with van der Waals surface area (Å²) in [7, 11) is -3.68. The molecule has 0 aliphatic heterocycles. The molecule has 2 N–H and O–H groups in total. The molecule has 0 atom stereocenters. The Balaban J connectivity index is 2.67. The standard InChI is InChI=1S/C13H10N2O2S/c14-9-10-5-4-8-12(13(10)15)18(16,17)11-6-2-1-3-7-11/h1-8H,15H2. The molecule has 0 aliphatic carbocycles. The number of para-hydroxylation sites is 1. The van der Waals surface area contributed by atoms with Gasteiger partial charge in [0.15, 0.2) is 0 Å². The van der Waals surface area contributed by atoms with Crippen LogP contribution in [0.5, 0.6) is 0 Å². The van der Waals surface area contributed by atoms with E-state index in [0.29, 0.717) is 0 Å². The van der Waals surface area contributed by atoms with E-state index < -0.39 is 9.84 Å². The maximum absolute atomic E-state index is 12.3. The van der Waals surface area contributed by atoms with Gasteiger partial charge in [0.05, 0.1) is 21.0 Å². The molecular weight excluding hydrogens is 248 g/mol.